The zero-order valence-corrected chi connectivity index (χ0v) is 20.1. The van der Waals surface area contributed by atoms with Gasteiger partial charge in [0.2, 0.25) is 0 Å². The summed E-state index contributed by atoms with van der Waals surface area (Å²) in [5, 5.41) is 0.114. The molecule has 1 saturated heterocycles. The average Bonchev–Trinajstić information content (AvgIpc) is 2.69. The van der Waals surface area contributed by atoms with Crippen LogP contribution in [0.1, 0.15) is 26.3 Å². The van der Waals surface area contributed by atoms with E-state index in [1.54, 1.807) is 21.3 Å². The first-order chi connectivity index (χ1) is 13.6. The van der Waals surface area contributed by atoms with Crippen molar-refractivity contribution >= 4 is 8.32 Å². The van der Waals surface area contributed by atoms with Gasteiger partial charge < -0.3 is 28.1 Å². The molecule has 0 N–H and O–H groups in total. The zero-order chi connectivity index (χ0) is 21.7. The van der Waals surface area contributed by atoms with Crippen LogP contribution < -0.4 is 0 Å². The summed E-state index contributed by atoms with van der Waals surface area (Å²) in [4.78, 5) is 0. The van der Waals surface area contributed by atoms with E-state index in [-0.39, 0.29) is 23.4 Å². The first-order valence-electron chi connectivity index (χ1n) is 10.2. The number of ether oxygens (including phenoxy) is 5. The lowest BCUT2D eigenvalue weighted by atomic mass is 9.98. The van der Waals surface area contributed by atoms with Crippen LogP contribution in [0.4, 0.5) is 0 Å². The molecule has 6 nitrogen and oxygen atoms in total. The minimum atomic E-state index is -1.93. The van der Waals surface area contributed by atoms with Crippen molar-refractivity contribution in [1.29, 1.82) is 0 Å². The van der Waals surface area contributed by atoms with Crippen molar-refractivity contribution in [2.24, 2.45) is 0 Å². The Balaban J connectivity index is 2.14. The molecule has 7 heteroatoms. The van der Waals surface area contributed by atoms with Crippen molar-refractivity contribution < 1.29 is 28.1 Å². The SMILES string of the molecule is CO[C@@H]1[C@@H](OC)[C@@H](OCc2ccccc2)O[C@H](CO[Si](C)(C)C(C)(C)C)[C@H]1OC. The maximum Gasteiger partial charge on any atom is 0.192 e. The summed E-state index contributed by atoms with van der Waals surface area (Å²) >= 11 is 0. The topological polar surface area (TPSA) is 55.4 Å². The van der Waals surface area contributed by atoms with E-state index >= 15 is 0 Å². The molecule has 1 aromatic rings. The smallest absolute Gasteiger partial charge is 0.192 e. The van der Waals surface area contributed by atoms with Crippen LogP contribution in [-0.2, 0) is 34.7 Å². The fourth-order valence-electron chi connectivity index (χ4n) is 3.21. The summed E-state index contributed by atoms with van der Waals surface area (Å²) in [6, 6.07) is 10.0. The lowest BCUT2D eigenvalue weighted by Gasteiger charge is -2.46. The van der Waals surface area contributed by atoms with Crippen molar-refractivity contribution in [3.05, 3.63) is 35.9 Å². The lowest BCUT2D eigenvalue weighted by Crippen LogP contribution is -2.61. The molecule has 2 rings (SSSR count). The molecule has 0 bridgehead atoms. The number of benzene rings is 1. The van der Waals surface area contributed by atoms with E-state index < -0.39 is 20.7 Å². The van der Waals surface area contributed by atoms with Gasteiger partial charge >= 0.3 is 0 Å². The van der Waals surface area contributed by atoms with E-state index in [1.807, 2.05) is 30.3 Å². The van der Waals surface area contributed by atoms with E-state index in [0.717, 1.165) is 5.56 Å². The van der Waals surface area contributed by atoms with E-state index in [9.17, 15) is 0 Å². The van der Waals surface area contributed by atoms with Crippen molar-refractivity contribution in [3.63, 3.8) is 0 Å². The predicted molar refractivity (Wildman–Crippen MR) is 115 cm³/mol. The molecule has 5 atom stereocenters. The Morgan fingerprint density at radius 1 is 0.897 bits per heavy atom. The van der Waals surface area contributed by atoms with E-state index in [1.165, 1.54) is 0 Å². The Morgan fingerprint density at radius 3 is 2.00 bits per heavy atom. The van der Waals surface area contributed by atoms with Gasteiger partial charge in [-0.3, -0.25) is 0 Å². The van der Waals surface area contributed by atoms with Crippen LogP contribution in [-0.4, -0.2) is 67.0 Å². The van der Waals surface area contributed by atoms with E-state index in [2.05, 4.69) is 33.9 Å². The Morgan fingerprint density at radius 2 is 1.48 bits per heavy atom. The average molecular weight is 427 g/mol. The molecule has 1 aliphatic heterocycles. The third kappa shape index (κ3) is 6.10. The van der Waals surface area contributed by atoms with Crippen LogP contribution in [0.3, 0.4) is 0 Å². The largest absolute Gasteiger partial charge is 0.414 e. The van der Waals surface area contributed by atoms with Crippen LogP contribution in [0.2, 0.25) is 18.1 Å². The molecule has 0 amide bonds. The van der Waals surface area contributed by atoms with Crippen LogP contribution in [0.25, 0.3) is 0 Å². The summed E-state index contributed by atoms with van der Waals surface area (Å²) in [7, 11) is 3.03. The molecular weight excluding hydrogens is 388 g/mol. The van der Waals surface area contributed by atoms with Gasteiger partial charge in [-0.05, 0) is 23.7 Å². The minimum Gasteiger partial charge on any atom is -0.414 e. The number of methoxy groups -OCH3 is 3. The molecule has 0 unspecified atom stereocenters. The Hall–Kier alpha value is -0.803. The Labute approximate surface area is 176 Å². The molecule has 1 fully saturated rings. The molecule has 0 saturated carbocycles. The van der Waals surface area contributed by atoms with Crippen LogP contribution in [0.15, 0.2) is 30.3 Å². The van der Waals surface area contributed by atoms with Crippen LogP contribution >= 0.6 is 0 Å². The molecular formula is C22H38O6Si. The summed E-state index contributed by atoms with van der Waals surface area (Å²) in [5.74, 6) is 0. The van der Waals surface area contributed by atoms with Crippen molar-refractivity contribution in [2.45, 2.75) is 76.2 Å². The second kappa shape index (κ2) is 10.5. The van der Waals surface area contributed by atoms with Crippen LogP contribution in [0.5, 0.6) is 0 Å². The van der Waals surface area contributed by atoms with Gasteiger partial charge in [-0.15, -0.1) is 0 Å². The molecule has 0 aromatic heterocycles. The zero-order valence-electron chi connectivity index (χ0n) is 19.1. The third-order valence-electron chi connectivity index (χ3n) is 6.08. The molecule has 0 spiro atoms. The second-order valence-corrected chi connectivity index (χ2v) is 13.8. The number of hydrogen-bond acceptors (Lipinski definition) is 6. The monoisotopic (exact) mass is 426 g/mol. The highest BCUT2D eigenvalue weighted by molar-refractivity contribution is 6.74. The maximum absolute atomic E-state index is 6.42. The molecule has 0 radical (unpaired) electrons. The standard InChI is InChI=1S/C22H38O6Si/c1-22(2,3)29(7,8)27-15-17-18(23-4)19(24-5)20(25-6)21(28-17)26-14-16-12-10-9-11-13-16/h9-13,17-21H,14-15H2,1-8H3/t17-,18-,19+,20-,21+/m1/s1. The van der Waals surface area contributed by atoms with Gasteiger partial charge in [0, 0.05) is 21.3 Å². The normalized spacial score (nSPS) is 28.5. The molecule has 1 aromatic carbocycles. The van der Waals surface area contributed by atoms with Gasteiger partial charge in [0.15, 0.2) is 14.6 Å². The fraction of sp³-hybridized carbons (Fsp3) is 0.727. The van der Waals surface area contributed by atoms with Gasteiger partial charge in [0.05, 0.1) is 13.2 Å². The number of hydrogen-bond donors (Lipinski definition) is 0. The molecule has 1 aliphatic rings. The van der Waals surface area contributed by atoms with E-state index in [0.29, 0.717) is 13.2 Å². The Bertz CT molecular complexity index is 603. The highest BCUT2D eigenvalue weighted by Gasteiger charge is 2.48. The minimum absolute atomic E-state index is 0.114. The molecule has 0 aliphatic carbocycles. The van der Waals surface area contributed by atoms with Gasteiger partial charge in [-0.2, -0.15) is 0 Å². The van der Waals surface area contributed by atoms with Gasteiger partial charge in [-0.25, -0.2) is 0 Å². The van der Waals surface area contributed by atoms with Crippen LogP contribution in [0, 0.1) is 0 Å². The first-order valence-corrected chi connectivity index (χ1v) is 13.1. The summed E-state index contributed by atoms with van der Waals surface area (Å²) < 4.78 is 36.0. The summed E-state index contributed by atoms with van der Waals surface area (Å²) in [5.41, 5.74) is 1.07. The van der Waals surface area contributed by atoms with Gasteiger partial charge in [0.25, 0.3) is 0 Å². The van der Waals surface area contributed by atoms with Crippen molar-refractivity contribution in [2.75, 3.05) is 27.9 Å². The van der Waals surface area contributed by atoms with Gasteiger partial charge in [-0.1, -0.05) is 51.1 Å². The predicted octanol–water partition coefficient (Wildman–Crippen LogP) is 3.99. The van der Waals surface area contributed by atoms with E-state index in [4.69, 9.17) is 28.1 Å². The molecule has 1 heterocycles. The van der Waals surface area contributed by atoms with Crippen molar-refractivity contribution in [3.8, 4) is 0 Å². The lowest BCUT2D eigenvalue weighted by molar-refractivity contribution is -0.314. The maximum atomic E-state index is 6.42. The quantitative estimate of drug-likeness (QED) is 0.557. The molecule has 29 heavy (non-hydrogen) atoms. The molecule has 166 valence electrons. The van der Waals surface area contributed by atoms with Crippen molar-refractivity contribution in [1.82, 2.24) is 0 Å². The fourth-order valence-corrected chi connectivity index (χ4v) is 4.22. The Kier molecular flexibility index (Phi) is 8.84. The number of rotatable bonds is 9. The highest BCUT2D eigenvalue weighted by Crippen LogP contribution is 2.37. The third-order valence-corrected chi connectivity index (χ3v) is 10.6. The first kappa shape index (κ1) is 24.5. The second-order valence-electron chi connectivity index (χ2n) is 9.01. The van der Waals surface area contributed by atoms with Gasteiger partial charge in [0.1, 0.15) is 24.4 Å². The highest BCUT2D eigenvalue weighted by atomic mass is 28.4. The summed E-state index contributed by atoms with van der Waals surface area (Å²) in [6.45, 7) is 12.0. The summed E-state index contributed by atoms with van der Waals surface area (Å²) in [6.07, 6.45) is -1.94.